The van der Waals surface area contributed by atoms with Crippen LogP contribution in [0.2, 0.25) is 18.6 Å². The second kappa shape index (κ2) is 15.5. The van der Waals surface area contributed by atoms with Crippen LogP contribution in [-0.2, 0) is 22.5 Å². The van der Waals surface area contributed by atoms with Gasteiger partial charge in [-0.25, -0.2) is 0 Å². The van der Waals surface area contributed by atoms with Crippen molar-refractivity contribution in [3.8, 4) is 11.5 Å². The van der Waals surface area contributed by atoms with Crippen LogP contribution in [-0.4, -0.2) is 66.6 Å². The van der Waals surface area contributed by atoms with E-state index in [-0.39, 0.29) is 37.2 Å². The van der Waals surface area contributed by atoms with Gasteiger partial charge in [-0.05, 0) is 78.2 Å². The number of aliphatic hydroxyl groups excluding tert-OH is 1. The number of hydrogen-bond donors (Lipinski definition) is 1. The van der Waals surface area contributed by atoms with Gasteiger partial charge >= 0.3 is 0 Å². The van der Waals surface area contributed by atoms with E-state index in [2.05, 4.69) is 66.7 Å². The minimum atomic E-state index is -2.03. The molecule has 2 aliphatic heterocycles. The van der Waals surface area contributed by atoms with Gasteiger partial charge in [0.2, 0.25) is 0 Å². The Hall–Kier alpha value is -4.77. The van der Waals surface area contributed by atoms with Crippen molar-refractivity contribution in [2.24, 2.45) is 5.92 Å². The molecule has 270 valence electrons. The first-order valence-corrected chi connectivity index (χ1v) is 21.3. The Kier molecular flexibility index (Phi) is 10.6. The summed E-state index contributed by atoms with van der Waals surface area (Å²) in [5.74, 6) is 1.65. The zero-order valence-corrected chi connectivity index (χ0v) is 31.4. The second-order valence-corrected chi connectivity index (χ2v) is 19.3. The van der Waals surface area contributed by atoms with Gasteiger partial charge in [0.05, 0.1) is 51.3 Å². The van der Waals surface area contributed by atoms with Gasteiger partial charge < -0.3 is 19.3 Å². The first-order chi connectivity index (χ1) is 25.3. The molecule has 1 unspecified atom stereocenters. The molecule has 0 spiro atoms. The molecule has 1 saturated heterocycles. The van der Waals surface area contributed by atoms with Crippen molar-refractivity contribution < 1.29 is 24.1 Å². The number of amides is 1. The number of aryl methyl sites for hydroxylation is 2. The Balaban J connectivity index is 1.07. The minimum absolute atomic E-state index is 0.0284. The molecule has 9 nitrogen and oxygen atoms in total. The Labute approximate surface area is 307 Å². The summed E-state index contributed by atoms with van der Waals surface area (Å²) in [6.45, 7) is 7.99. The highest BCUT2D eigenvalue weighted by molar-refractivity contribution is 6.91. The monoisotopic (exact) mass is 716 g/mol. The molecule has 1 aromatic heterocycles. The quantitative estimate of drug-likeness (QED) is 0.133. The molecular formula is C42H48N4O5Si. The molecule has 52 heavy (non-hydrogen) atoms. The third-order valence-electron chi connectivity index (χ3n) is 11.1. The molecule has 1 amide bonds. The van der Waals surface area contributed by atoms with Crippen LogP contribution in [0.5, 0.6) is 11.5 Å². The van der Waals surface area contributed by atoms with E-state index in [0.29, 0.717) is 18.0 Å². The minimum Gasteiger partial charge on any atom is -0.497 e. The fourth-order valence-corrected chi connectivity index (χ4v) is 12.4. The fourth-order valence-electron chi connectivity index (χ4n) is 8.32. The van der Waals surface area contributed by atoms with Crippen LogP contribution in [0, 0.1) is 5.92 Å². The summed E-state index contributed by atoms with van der Waals surface area (Å²) in [6.07, 6.45) is 4.74. The lowest BCUT2D eigenvalue weighted by molar-refractivity contribution is -0.120. The van der Waals surface area contributed by atoms with Gasteiger partial charge in [0.15, 0.2) is 6.61 Å². The van der Waals surface area contributed by atoms with Gasteiger partial charge in [-0.3, -0.25) is 14.4 Å². The number of carbonyl (C=O) groups excluding carboxylic acids is 1. The SMILES string of the molecule is COc1ccc([Si](C)(C)[C@H]2[C@H](C)[C@H](CCc3ccc(N4C(=O)COc5ccccc54)cc3)O[C@@H]2CCn2cc(C(CO)c3ccccc3)nn2)cc1. The normalized spacial score (nSPS) is 20.7. The lowest BCUT2D eigenvalue weighted by atomic mass is 9.95. The number of aliphatic hydroxyl groups is 1. The molecule has 0 saturated carbocycles. The second-order valence-electron chi connectivity index (χ2n) is 14.6. The third kappa shape index (κ3) is 7.28. The molecule has 1 N–H and O–H groups in total. The van der Waals surface area contributed by atoms with Gasteiger partial charge in [0.1, 0.15) is 11.5 Å². The fraction of sp³-hybridized carbons (Fsp3) is 0.357. The number of anilines is 2. The largest absolute Gasteiger partial charge is 0.497 e. The topological polar surface area (TPSA) is 98.9 Å². The van der Waals surface area contributed by atoms with Gasteiger partial charge in [-0.15, -0.1) is 5.10 Å². The number of methoxy groups -OCH3 is 1. The number of ether oxygens (including phenoxy) is 3. The molecule has 2 aliphatic rings. The maximum Gasteiger partial charge on any atom is 0.269 e. The van der Waals surface area contributed by atoms with E-state index >= 15 is 0 Å². The molecule has 0 bridgehead atoms. The summed E-state index contributed by atoms with van der Waals surface area (Å²) in [5.41, 5.74) is 5.00. The number of benzene rings is 4. The number of hydrogen-bond acceptors (Lipinski definition) is 7. The van der Waals surface area contributed by atoms with Crippen molar-refractivity contribution in [2.75, 3.05) is 25.2 Å². The molecule has 10 heteroatoms. The lowest BCUT2D eigenvalue weighted by Crippen LogP contribution is -2.50. The predicted molar refractivity (Wildman–Crippen MR) is 206 cm³/mol. The van der Waals surface area contributed by atoms with Crippen molar-refractivity contribution in [1.29, 1.82) is 0 Å². The Morgan fingerprint density at radius 3 is 2.38 bits per heavy atom. The number of rotatable bonds is 13. The summed E-state index contributed by atoms with van der Waals surface area (Å²) in [7, 11) is -0.322. The first-order valence-electron chi connectivity index (χ1n) is 18.3. The average molecular weight is 717 g/mol. The highest BCUT2D eigenvalue weighted by Crippen LogP contribution is 2.47. The molecular weight excluding hydrogens is 669 g/mol. The molecule has 5 aromatic rings. The van der Waals surface area contributed by atoms with E-state index in [0.717, 1.165) is 53.4 Å². The first kappa shape index (κ1) is 35.6. The van der Waals surface area contributed by atoms with Crippen molar-refractivity contribution >= 4 is 30.5 Å². The van der Waals surface area contributed by atoms with Gasteiger partial charge in [-0.1, -0.05) is 97.1 Å². The van der Waals surface area contributed by atoms with E-state index in [1.807, 2.05) is 77.6 Å². The lowest BCUT2D eigenvalue weighted by Gasteiger charge is -2.36. The van der Waals surface area contributed by atoms with E-state index < -0.39 is 8.07 Å². The van der Waals surface area contributed by atoms with Crippen LogP contribution in [0.3, 0.4) is 0 Å². The van der Waals surface area contributed by atoms with Crippen molar-refractivity contribution in [1.82, 2.24) is 15.0 Å². The molecule has 0 aliphatic carbocycles. The van der Waals surface area contributed by atoms with Crippen molar-refractivity contribution in [3.63, 3.8) is 0 Å². The summed E-state index contributed by atoms with van der Waals surface area (Å²) in [4.78, 5) is 14.6. The Morgan fingerprint density at radius 1 is 0.923 bits per heavy atom. The smallest absolute Gasteiger partial charge is 0.269 e. The standard InChI is InChI=1S/C42H48N4O5Si/c1-29-38(23-16-30-14-17-32(18-15-30)46-37-12-8-9-13-39(37)50-28-41(46)48)51-40(42(29)52(3,4)34-21-19-33(49-2)20-22-34)24-25-45-26-36(43-44-45)35(27-47)31-10-6-5-7-11-31/h5-15,17-22,26,29,35,38,40,42,47H,16,23-25,27-28H2,1-4H3/t29-,35?,38+,40-,42+/m1/s1. The Morgan fingerprint density at radius 2 is 1.65 bits per heavy atom. The van der Waals surface area contributed by atoms with Gasteiger partial charge in [0.25, 0.3) is 5.91 Å². The molecule has 5 atom stereocenters. The number of nitrogens with zero attached hydrogens (tertiary/aromatic N) is 4. The highest BCUT2D eigenvalue weighted by Gasteiger charge is 2.50. The van der Waals surface area contributed by atoms with Crippen LogP contribution in [0.25, 0.3) is 0 Å². The summed E-state index contributed by atoms with van der Waals surface area (Å²) < 4.78 is 20.1. The maximum absolute atomic E-state index is 12.9. The average Bonchev–Trinajstić information content (AvgIpc) is 3.78. The van der Waals surface area contributed by atoms with Crippen molar-refractivity contribution in [2.45, 2.75) is 69.5 Å². The Bertz CT molecular complexity index is 1950. The van der Waals surface area contributed by atoms with Crippen LogP contribution in [0.15, 0.2) is 109 Å². The van der Waals surface area contributed by atoms with E-state index in [9.17, 15) is 9.90 Å². The van der Waals surface area contributed by atoms with E-state index in [1.165, 1.54) is 10.8 Å². The molecule has 4 aromatic carbocycles. The van der Waals surface area contributed by atoms with Crippen LogP contribution in [0.1, 0.15) is 42.5 Å². The summed E-state index contributed by atoms with van der Waals surface area (Å²) in [6, 6.07) is 34.6. The maximum atomic E-state index is 12.9. The van der Waals surface area contributed by atoms with Crippen LogP contribution in [0.4, 0.5) is 11.4 Å². The van der Waals surface area contributed by atoms with Crippen LogP contribution < -0.4 is 19.6 Å². The van der Waals surface area contributed by atoms with Gasteiger partial charge in [-0.2, -0.15) is 0 Å². The molecule has 3 heterocycles. The predicted octanol–water partition coefficient (Wildman–Crippen LogP) is 6.88. The van der Waals surface area contributed by atoms with Gasteiger partial charge in [0, 0.05) is 18.4 Å². The molecule has 1 fully saturated rings. The molecule has 0 radical (unpaired) electrons. The number of aromatic nitrogens is 3. The number of para-hydroxylation sites is 2. The zero-order chi connectivity index (χ0) is 36.2. The summed E-state index contributed by atoms with van der Waals surface area (Å²) in [5, 5.41) is 20.5. The zero-order valence-electron chi connectivity index (χ0n) is 30.4. The van der Waals surface area contributed by atoms with Crippen LogP contribution >= 0.6 is 0 Å². The third-order valence-corrected chi connectivity index (χ3v) is 15.5. The van der Waals surface area contributed by atoms with Crippen molar-refractivity contribution in [3.05, 3.63) is 126 Å². The summed E-state index contributed by atoms with van der Waals surface area (Å²) >= 11 is 0. The number of carbonyl (C=O) groups is 1. The number of fused-ring (bicyclic) bond motifs is 1. The molecule has 7 rings (SSSR count). The van der Waals surface area contributed by atoms with E-state index in [4.69, 9.17) is 14.2 Å². The highest BCUT2D eigenvalue weighted by atomic mass is 28.3. The van der Waals surface area contributed by atoms with E-state index in [1.54, 1.807) is 12.0 Å².